The zero-order chi connectivity index (χ0) is 23.2. The Balaban J connectivity index is 1.94. The molecule has 33 heavy (non-hydrogen) atoms. The first kappa shape index (κ1) is 20.4. The fourth-order valence-electron chi connectivity index (χ4n) is 4.32. The van der Waals surface area contributed by atoms with Crippen LogP contribution >= 0.6 is 0 Å². The van der Waals surface area contributed by atoms with Crippen LogP contribution in [0.5, 0.6) is 0 Å². The number of rotatable bonds is 2. The van der Waals surface area contributed by atoms with Crippen LogP contribution in [0, 0.1) is 22.7 Å². The van der Waals surface area contributed by atoms with Gasteiger partial charge in [0.15, 0.2) is 0 Å². The van der Waals surface area contributed by atoms with Crippen molar-refractivity contribution in [2.75, 3.05) is 0 Å². The molecule has 1 heterocycles. The van der Waals surface area contributed by atoms with E-state index in [2.05, 4.69) is 12.1 Å². The number of para-hydroxylation sites is 2. The van der Waals surface area contributed by atoms with Crippen LogP contribution < -0.4 is 0 Å². The standard InChI is InChI=1S/C27H14F3N3/c28-27(29,30)19-12-13-21-20-8-1-3-10-23(20)33(25(21)14-19)24-11-4-2-9-22(24)26-17(15-31)6-5-7-18(26)16-32/h1-14H. The summed E-state index contributed by atoms with van der Waals surface area (Å²) in [7, 11) is 0. The molecular formula is C27H14F3N3. The van der Waals surface area contributed by atoms with Crippen LogP contribution in [-0.2, 0) is 6.18 Å². The molecule has 0 saturated carbocycles. The first-order valence-corrected chi connectivity index (χ1v) is 10.1. The van der Waals surface area contributed by atoms with Gasteiger partial charge in [0, 0.05) is 21.9 Å². The third-order valence-electron chi connectivity index (χ3n) is 5.72. The first-order chi connectivity index (χ1) is 15.9. The molecule has 6 heteroatoms. The van der Waals surface area contributed by atoms with Gasteiger partial charge in [-0.15, -0.1) is 0 Å². The predicted molar refractivity (Wildman–Crippen MR) is 121 cm³/mol. The van der Waals surface area contributed by atoms with Gasteiger partial charge in [-0.1, -0.05) is 48.5 Å². The second-order valence-electron chi connectivity index (χ2n) is 7.55. The van der Waals surface area contributed by atoms with Crippen molar-refractivity contribution in [2.45, 2.75) is 6.18 Å². The molecule has 158 valence electrons. The van der Waals surface area contributed by atoms with E-state index >= 15 is 0 Å². The van der Waals surface area contributed by atoms with E-state index in [1.54, 1.807) is 47.0 Å². The third kappa shape index (κ3) is 3.21. The van der Waals surface area contributed by atoms with Gasteiger partial charge in [-0.2, -0.15) is 23.7 Å². The predicted octanol–water partition coefficient (Wildman–Crippen LogP) is 7.21. The molecule has 0 amide bonds. The van der Waals surface area contributed by atoms with Crippen LogP contribution in [-0.4, -0.2) is 4.57 Å². The zero-order valence-corrected chi connectivity index (χ0v) is 17.1. The number of hydrogen-bond donors (Lipinski definition) is 0. The average Bonchev–Trinajstić information content (AvgIpc) is 3.16. The maximum atomic E-state index is 13.6. The molecule has 0 aliphatic rings. The molecule has 0 aliphatic heterocycles. The molecule has 0 fully saturated rings. The van der Waals surface area contributed by atoms with Crippen LogP contribution in [0.4, 0.5) is 13.2 Å². The van der Waals surface area contributed by atoms with Crippen molar-refractivity contribution in [1.29, 1.82) is 10.5 Å². The van der Waals surface area contributed by atoms with Gasteiger partial charge in [0.05, 0.1) is 45.5 Å². The SMILES string of the molecule is N#Cc1cccc(C#N)c1-c1ccccc1-n1c2ccccc2c2ccc(C(F)(F)F)cc21. The summed E-state index contributed by atoms with van der Waals surface area (Å²) in [6.07, 6.45) is -4.49. The van der Waals surface area contributed by atoms with E-state index in [9.17, 15) is 23.7 Å². The quantitative estimate of drug-likeness (QED) is 0.293. The molecule has 0 saturated heterocycles. The zero-order valence-electron chi connectivity index (χ0n) is 17.1. The molecule has 4 aromatic carbocycles. The number of benzene rings is 4. The Morgan fingerprint density at radius 3 is 2.00 bits per heavy atom. The fourth-order valence-corrected chi connectivity index (χ4v) is 4.32. The Kier molecular flexibility index (Phi) is 4.65. The van der Waals surface area contributed by atoms with Gasteiger partial charge in [0.25, 0.3) is 0 Å². The minimum Gasteiger partial charge on any atom is -0.309 e. The molecule has 0 spiro atoms. The van der Waals surface area contributed by atoms with Crippen molar-refractivity contribution in [1.82, 2.24) is 4.57 Å². The number of aromatic nitrogens is 1. The Bertz CT molecular complexity index is 1600. The van der Waals surface area contributed by atoms with Gasteiger partial charge in [-0.05, 0) is 36.4 Å². The lowest BCUT2D eigenvalue weighted by molar-refractivity contribution is -0.137. The van der Waals surface area contributed by atoms with Gasteiger partial charge in [0.2, 0.25) is 0 Å². The smallest absolute Gasteiger partial charge is 0.309 e. The van der Waals surface area contributed by atoms with Gasteiger partial charge >= 0.3 is 6.18 Å². The Morgan fingerprint density at radius 2 is 1.30 bits per heavy atom. The lowest BCUT2D eigenvalue weighted by atomic mass is 9.94. The molecule has 0 N–H and O–H groups in total. The number of fused-ring (bicyclic) bond motifs is 3. The summed E-state index contributed by atoms with van der Waals surface area (Å²) >= 11 is 0. The van der Waals surface area contributed by atoms with E-state index in [1.165, 1.54) is 6.07 Å². The summed E-state index contributed by atoms with van der Waals surface area (Å²) in [4.78, 5) is 0. The van der Waals surface area contributed by atoms with Crippen molar-refractivity contribution < 1.29 is 13.2 Å². The second-order valence-corrected chi connectivity index (χ2v) is 7.55. The highest BCUT2D eigenvalue weighted by molar-refractivity contribution is 6.10. The van der Waals surface area contributed by atoms with Gasteiger partial charge in [-0.25, -0.2) is 0 Å². The Hall–Kier alpha value is -4.55. The molecule has 0 unspecified atom stereocenters. The minimum absolute atomic E-state index is 0.318. The number of hydrogen-bond acceptors (Lipinski definition) is 2. The van der Waals surface area contributed by atoms with Crippen LogP contribution in [0.1, 0.15) is 16.7 Å². The summed E-state index contributed by atoms with van der Waals surface area (Å²) in [6, 6.07) is 27.4. The van der Waals surface area contributed by atoms with Crippen molar-refractivity contribution >= 4 is 21.8 Å². The van der Waals surface area contributed by atoms with Crippen LogP contribution in [0.3, 0.4) is 0 Å². The molecule has 3 nitrogen and oxygen atoms in total. The third-order valence-corrected chi connectivity index (χ3v) is 5.72. The van der Waals surface area contributed by atoms with Gasteiger partial charge in [-0.3, -0.25) is 0 Å². The molecule has 5 aromatic rings. The van der Waals surface area contributed by atoms with Crippen molar-refractivity contribution in [2.24, 2.45) is 0 Å². The molecule has 0 radical (unpaired) electrons. The average molecular weight is 437 g/mol. The van der Waals surface area contributed by atoms with Gasteiger partial charge < -0.3 is 4.57 Å². The van der Waals surface area contributed by atoms with Crippen molar-refractivity contribution in [3.63, 3.8) is 0 Å². The molecule has 5 rings (SSSR count). The molecule has 1 aromatic heterocycles. The number of nitriles is 2. The van der Waals surface area contributed by atoms with E-state index in [-0.39, 0.29) is 0 Å². The van der Waals surface area contributed by atoms with Crippen molar-refractivity contribution in [3.8, 4) is 29.0 Å². The summed E-state index contributed by atoms with van der Waals surface area (Å²) in [5, 5.41) is 20.9. The lowest BCUT2D eigenvalue weighted by Gasteiger charge is -2.16. The van der Waals surface area contributed by atoms with E-state index in [0.717, 1.165) is 23.0 Å². The van der Waals surface area contributed by atoms with E-state index in [1.807, 2.05) is 24.3 Å². The lowest BCUT2D eigenvalue weighted by Crippen LogP contribution is -2.05. The minimum atomic E-state index is -4.49. The van der Waals surface area contributed by atoms with E-state index in [4.69, 9.17) is 0 Å². The Labute approximate surface area is 187 Å². The van der Waals surface area contributed by atoms with Crippen LogP contribution in [0.15, 0.2) is 84.9 Å². The molecular weight excluding hydrogens is 423 g/mol. The van der Waals surface area contributed by atoms with E-state index in [0.29, 0.717) is 38.8 Å². The highest BCUT2D eigenvalue weighted by Crippen LogP contribution is 2.40. The fraction of sp³-hybridized carbons (Fsp3) is 0.0370. The molecule has 0 atom stereocenters. The summed E-state index contributed by atoms with van der Waals surface area (Å²) in [6.45, 7) is 0. The highest BCUT2D eigenvalue weighted by Gasteiger charge is 2.31. The molecule has 0 aliphatic carbocycles. The number of nitrogens with zero attached hydrogens (tertiary/aromatic N) is 3. The van der Waals surface area contributed by atoms with Crippen molar-refractivity contribution in [3.05, 3.63) is 102 Å². The first-order valence-electron chi connectivity index (χ1n) is 10.1. The molecule has 0 bridgehead atoms. The normalized spacial score (nSPS) is 11.4. The second kappa shape index (κ2) is 7.55. The van der Waals surface area contributed by atoms with Gasteiger partial charge in [0.1, 0.15) is 0 Å². The number of halogens is 3. The topological polar surface area (TPSA) is 52.5 Å². The van der Waals surface area contributed by atoms with E-state index < -0.39 is 11.7 Å². The van der Waals surface area contributed by atoms with Crippen LogP contribution in [0.2, 0.25) is 0 Å². The summed E-state index contributed by atoms with van der Waals surface area (Å²) in [5.74, 6) is 0. The monoisotopic (exact) mass is 437 g/mol. The maximum absolute atomic E-state index is 13.6. The Morgan fingerprint density at radius 1 is 0.667 bits per heavy atom. The number of alkyl halides is 3. The maximum Gasteiger partial charge on any atom is 0.416 e. The summed E-state index contributed by atoms with van der Waals surface area (Å²) in [5.41, 5.74) is 2.64. The highest BCUT2D eigenvalue weighted by atomic mass is 19.4. The van der Waals surface area contributed by atoms with Crippen LogP contribution in [0.25, 0.3) is 38.6 Å². The summed E-state index contributed by atoms with van der Waals surface area (Å²) < 4.78 is 42.5. The largest absolute Gasteiger partial charge is 0.416 e.